The molecule has 4 rings (SSSR count). The molecule has 1 fully saturated rings. The van der Waals surface area contributed by atoms with Crippen LogP contribution in [0.2, 0.25) is 5.02 Å². The van der Waals surface area contributed by atoms with Crippen molar-refractivity contribution in [2.45, 2.75) is 6.42 Å². The van der Waals surface area contributed by atoms with Crippen molar-refractivity contribution in [3.05, 3.63) is 101 Å². The van der Waals surface area contributed by atoms with Crippen molar-refractivity contribution in [2.75, 3.05) is 39.4 Å². The Balaban J connectivity index is 1.46. The van der Waals surface area contributed by atoms with E-state index in [1.807, 2.05) is 54.6 Å². The van der Waals surface area contributed by atoms with E-state index < -0.39 is 5.91 Å². The van der Waals surface area contributed by atoms with Gasteiger partial charge >= 0.3 is 0 Å². The molecule has 3 aromatic carbocycles. The van der Waals surface area contributed by atoms with Gasteiger partial charge in [-0.05, 0) is 73.1 Å². The van der Waals surface area contributed by atoms with Gasteiger partial charge < -0.3 is 20.1 Å². The lowest BCUT2D eigenvalue weighted by Crippen LogP contribution is -2.39. The fraction of sp³-hybridized carbons (Fsp3) is 0.241. The summed E-state index contributed by atoms with van der Waals surface area (Å²) < 4.78 is 11.3. The molecule has 0 bridgehead atoms. The first-order chi connectivity index (χ1) is 18.1. The van der Waals surface area contributed by atoms with Crippen LogP contribution in [0.3, 0.4) is 0 Å². The summed E-state index contributed by atoms with van der Waals surface area (Å²) in [7, 11) is 0. The molecule has 0 radical (unpaired) electrons. The highest BCUT2D eigenvalue weighted by Crippen LogP contribution is 2.23. The topological polar surface area (TPSA) is 79.9 Å². The number of rotatable bonds is 10. The van der Waals surface area contributed by atoms with Crippen LogP contribution in [-0.4, -0.2) is 56.1 Å². The Kier molecular flexibility index (Phi) is 9.71. The molecule has 7 nitrogen and oxygen atoms in total. The molecule has 0 aliphatic carbocycles. The van der Waals surface area contributed by atoms with E-state index in [-0.39, 0.29) is 11.6 Å². The van der Waals surface area contributed by atoms with Crippen LogP contribution in [0.25, 0.3) is 6.08 Å². The van der Waals surface area contributed by atoms with Gasteiger partial charge in [-0.25, -0.2) is 0 Å². The van der Waals surface area contributed by atoms with Gasteiger partial charge in [0, 0.05) is 30.2 Å². The Labute approximate surface area is 222 Å². The third-order valence-electron chi connectivity index (χ3n) is 5.79. The number of para-hydroxylation sites is 1. The minimum absolute atomic E-state index is 0.142. The average Bonchev–Trinajstić information content (AvgIpc) is 2.92. The molecule has 192 valence electrons. The summed E-state index contributed by atoms with van der Waals surface area (Å²) in [5.74, 6) is 0.564. The van der Waals surface area contributed by atoms with E-state index in [0.717, 1.165) is 39.3 Å². The molecule has 3 aromatic rings. The first-order valence-corrected chi connectivity index (χ1v) is 12.6. The van der Waals surface area contributed by atoms with Crippen molar-refractivity contribution in [1.29, 1.82) is 0 Å². The van der Waals surface area contributed by atoms with E-state index in [1.54, 1.807) is 30.3 Å². The monoisotopic (exact) mass is 519 g/mol. The number of hydrogen-bond acceptors (Lipinski definition) is 5. The first kappa shape index (κ1) is 26.4. The van der Waals surface area contributed by atoms with Crippen LogP contribution in [0.15, 0.2) is 84.6 Å². The van der Waals surface area contributed by atoms with Gasteiger partial charge in [0.1, 0.15) is 17.2 Å². The Morgan fingerprint density at radius 1 is 0.946 bits per heavy atom. The molecule has 1 saturated heterocycles. The molecule has 1 aliphatic rings. The van der Waals surface area contributed by atoms with Crippen LogP contribution in [0, 0.1) is 0 Å². The summed E-state index contributed by atoms with van der Waals surface area (Å²) in [6, 6.07) is 23.3. The van der Waals surface area contributed by atoms with Crippen LogP contribution in [0.5, 0.6) is 11.5 Å². The fourth-order valence-electron chi connectivity index (χ4n) is 3.84. The van der Waals surface area contributed by atoms with E-state index in [4.69, 9.17) is 21.1 Å². The summed E-state index contributed by atoms with van der Waals surface area (Å²) in [6.45, 7) is 4.64. The maximum atomic E-state index is 13.1. The molecule has 0 spiro atoms. The van der Waals surface area contributed by atoms with E-state index in [0.29, 0.717) is 34.2 Å². The molecule has 1 heterocycles. The molecule has 0 atom stereocenters. The molecule has 1 aliphatic heterocycles. The molecule has 2 amide bonds. The minimum atomic E-state index is -0.400. The Morgan fingerprint density at radius 3 is 2.43 bits per heavy atom. The quantitative estimate of drug-likeness (QED) is 0.299. The molecule has 0 saturated carbocycles. The van der Waals surface area contributed by atoms with E-state index >= 15 is 0 Å². The number of halogens is 1. The number of carbonyl (C=O) groups excluding carboxylic acids is 2. The number of amides is 2. The zero-order chi connectivity index (χ0) is 25.9. The standard InChI is InChI=1S/C29H30ClN3O4/c30-24-12-10-23(11-13-24)28(34)32-27(29(35)31-14-5-15-33-16-18-36-19-17-33)21-22-6-4-9-26(20-22)37-25-7-2-1-3-8-25/h1-4,6-13,20-21H,5,14-19H2,(H,31,35)(H,32,34)/b27-21-. The van der Waals surface area contributed by atoms with Crippen LogP contribution < -0.4 is 15.4 Å². The second kappa shape index (κ2) is 13.6. The van der Waals surface area contributed by atoms with Gasteiger partial charge in [0.25, 0.3) is 11.8 Å². The second-order valence-electron chi connectivity index (χ2n) is 8.57. The Morgan fingerprint density at radius 2 is 1.68 bits per heavy atom. The Hall–Kier alpha value is -3.65. The zero-order valence-corrected chi connectivity index (χ0v) is 21.2. The third kappa shape index (κ3) is 8.46. The number of benzene rings is 3. The largest absolute Gasteiger partial charge is 0.457 e. The summed E-state index contributed by atoms with van der Waals surface area (Å²) >= 11 is 5.95. The van der Waals surface area contributed by atoms with Crippen LogP contribution >= 0.6 is 11.6 Å². The van der Waals surface area contributed by atoms with Crippen molar-refractivity contribution in [2.24, 2.45) is 0 Å². The normalized spacial score (nSPS) is 14.1. The van der Waals surface area contributed by atoms with Gasteiger partial charge in [0.15, 0.2) is 0 Å². The predicted octanol–water partition coefficient (Wildman–Crippen LogP) is 4.74. The average molecular weight is 520 g/mol. The highest BCUT2D eigenvalue weighted by Gasteiger charge is 2.16. The highest BCUT2D eigenvalue weighted by atomic mass is 35.5. The van der Waals surface area contributed by atoms with Crippen molar-refractivity contribution in [3.63, 3.8) is 0 Å². The van der Waals surface area contributed by atoms with E-state index in [2.05, 4.69) is 15.5 Å². The van der Waals surface area contributed by atoms with Gasteiger partial charge in [-0.1, -0.05) is 41.9 Å². The van der Waals surface area contributed by atoms with E-state index in [1.165, 1.54) is 0 Å². The SMILES string of the molecule is O=C(NCCCN1CCOCC1)/C(=C/c1cccc(Oc2ccccc2)c1)NC(=O)c1ccc(Cl)cc1. The Bertz CT molecular complexity index is 1210. The minimum Gasteiger partial charge on any atom is -0.457 e. The van der Waals surface area contributed by atoms with Gasteiger partial charge in [-0.15, -0.1) is 0 Å². The first-order valence-electron chi connectivity index (χ1n) is 12.3. The molecule has 0 unspecified atom stereocenters. The molecule has 0 aromatic heterocycles. The lowest BCUT2D eigenvalue weighted by atomic mass is 10.1. The number of hydrogen-bond donors (Lipinski definition) is 2. The lowest BCUT2D eigenvalue weighted by Gasteiger charge is -2.26. The lowest BCUT2D eigenvalue weighted by molar-refractivity contribution is -0.117. The molecular weight excluding hydrogens is 490 g/mol. The molecule has 2 N–H and O–H groups in total. The van der Waals surface area contributed by atoms with E-state index in [9.17, 15) is 9.59 Å². The summed E-state index contributed by atoms with van der Waals surface area (Å²) in [5.41, 5.74) is 1.25. The molecule has 37 heavy (non-hydrogen) atoms. The summed E-state index contributed by atoms with van der Waals surface area (Å²) in [4.78, 5) is 28.3. The third-order valence-corrected chi connectivity index (χ3v) is 6.04. The number of carbonyl (C=O) groups is 2. The van der Waals surface area contributed by atoms with Gasteiger partial charge in [-0.2, -0.15) is 0 Å². The maximum Gasteiger partial charge on any atom is 0.267 e. The number of morpholine rings is 1. The second-order valence-corrected chi connectivity index (χ2v) is 9.01. The maximum absolute atomic E-state index is 13.1. The van der Waals surface area contributed by atoms with Gasteiger partial charge in [-0.3, -0.25) is 14.5 Å². The van der Waals surface area contributed by atoms with Crippen LogP contribution in [-0.2, 0) is 9.53 Å². The predicted molar refractivity (Wildman–Crippen MR) is 145 cm³/mol. The highest BCUT2D eigenvalue weighted by molar-refractivity contribution is 6.30. The van der Waals surface area contributed by atoms with Crippen molar-refractivity contribution < 1.29 is 19.1 Å². The number of nitrogens with one attached hydrogen (secondary N) is 2. The van der Waals surface area contributed by atoms with Gasteiger partial charge in [0.2, 0.25) is 0 Å². The smallest absolute Gasteiger partial charge is 0.267 e. The fourth-order valence-corrected chi connectivity index (χ4v) is 3.96. The van der Waals surface area contributed by atoms with Crippen molar-refractivity contribution >= 4 is 29.5 Å². The van der Waals surface area contributed by atoms with Crippen LogP contribution in [0.1, 0.15) is 22.3 Å². The number of nitrogens with zero attached hydrogens (tertiary/aromatic N) is 1. The number of ether oxygens (including phenoxy) is 2. The van der Waals surface area contributed by atoms with Crippen molar-refractivity contribution in [1.82, 2.24) is 15.5 Å². The van der Waals surface area contributed by atoms with Gasteiger partial charge in [0.05, 0.1) is 13.2 Å². The summed E-state index contributed by atoms with van der Waals surface area (Å²) in [5, 5.41) is 6.22. The van der Waals surface area contributed by atoms with Crippen molar-refractivity contribution in [3.8, 4) is 11.5 Å². The molecule has 8 heteroatoms. The zero-order valence-electron chi connectivity index (χ0n) is 20.5. The van der Waals surface area contributed by atoms with Crippen LogP contribution in [0.4, 0.5) is 0 Å². The molecular formula is C29H30ClN3O4. The summed E-state index contributed by atoms with van der Waals surface area (Å²) in [6.07, 6.45) is 2.44.